The van der Waals surface area contributed by atoms with Gasteiger partial charge in [-0.05, 0) is 42.5 Å². The molecule has 2 atom stereocenters. The first kappa shape index (κ1) is 12.7. The number of nitrogens with two attached hydrogens (primary N) is 1. The van der Waals surface area contributed by atoms with Crippen LogP contribution >= 0.6 is 11.6 Å². The van der Waals surface area contributed by atoms with E-state index in [4.69, 9.17) is 17.3 Å². The van der Waals surface area contributed by atoms with Crippen molar-refractivity contribution in [2.24, 2.45) is 5.73 Å². The molecule has 2 aromatic rings. The first-order valence-electron chi connectivity index (χ1n) is 6.78. The molecule has 0 bridgehead atoms. The Kier molecular flexibility index (Phi) is 3.34. The third-order valence-corrected chi connectivity index (χ3v) is 4.53. The van der Waals surface area contributed by atoms with Gasteiger partial charge in [0.2, 0.25) is 0 Å². The molecule has 0 saturated heterocycles. The fourth-order valence-corrected chi connectivity index (χ4v) is 3.43. The van der Waals surface area contributed by atoms with E-state index in [9.17, 15) is 0 Å². The van der Waals surface area contributed by atoms with E-state index in [0.717, 1.165) is 24.3 Å². The standard InChI is InChI=1S/C17H18ClN/c18-15-8-6-14(7-9-15)17(11-10-16(19)12-17)13-4-2-1-3-5-13/h1-9,16H,10-12,19H2/t16-,17-/m1/s1. The lowest BCUT2D eigenvalue weighted by atomic mass is 9.73. The normalized spacial score (nSPS) is 26.5. The Labute approximate surface area is 119 Å². The van der Waals surface area contributed by atoms with Crippen molar-refractivity contribution in [3.63, 3.8) is 0 Å². The molecular weight excluding hydrogens is 254 g/mol. The molecule has 1 aliphatic carbocycles. The molecule has 2 heteroatoms. The molecule has 1 nitrogen and oxygen atoms in total. The topological polar surface area (TPSA) is 26.0 Å². The summed E-state index contributed by atoms with van der Waals surface area (Å²) in [6, 6.07) is 19.2. The number of rotatable bonds is 2. The van der Waals surface area contributed by atoms with Crippen LogP contribution in [0.25, 0.3) is 0 Å². The van der Waals surface area contributed by atoms with Gasteiger partial charge < -0.3 is 5.73 Å². The maximum atomic E-state index is 6.19. The van der Waals surface area contributed by atoms with E-state index in [2.05, 4.69) is 42.5 Å². The van der Waals surface area contributed by atoms with Crippen molar-refractivity contribution in [1.29, 1.82) is 0 Å². The van der Waals surface area contributed by atoms with Crippen LogP contribution in [0.4, 0.5) is 0 Å². The number of halogens is 1. The highest BCUT2D eigenvalue weighted by Crippen LogP contribution is 2.46. The van der Waals surface area contributed by atoms with Gasteiger partial charge in [0, 0.05) is 16.5 Å². The quantitative estimate of drug-likeness (QED) is 0.873. The van der Waals surface area contributed by atoms with E-state index in [0.29, 0.717) is 0 Å². The Bertz CT molecular complexity index is 549. The van der Waals surface area contributed by atoms with Crippen LogP contribution in [-0.2, 0) is 5.41 Å². The molecule has 0 heterocycles. The highest BCUT2D eigenvalue weighted by atomic mass is 35.5. The van der Waals surface area contributed by atoms with Crippen LogP contribution in [-0.4, -0.2) is 6.04 Å². The van der Waals surface area contributed by atoms with Crippen molar-refractivity contribution in [3.05, 3.63) is 70.7 Å². The summed E-state index contributed by atoms with van der Waals surface area (Å²) < 4.78 is 0. The number of hydrogen-bond acceptors (Lipinski definition) is 1. The molecule has 2 aromatic carbocycles. The Hall–Kier alpha value is -1.31. The highest BCUT2D eigenvalue weighted by Gasteiger charge is 2.40. The summed E-state index contributed by atoms with van der Waals surface area (Å²) in [7, 11) is 0. The average Bonchev–Trinajstić information content (AvgIpc) is 2.84. The Balaban J connectivity index is 2.10. The van der Waals surface area contributed by atoms with Crippen molar-refractivity contribution in [2.75, 3.05) is 0 Å². The minimum absolute atomic E-state index is 0.0608. The van der Waals surface area contributed by atoms with E-state index < -0.39 is 0 Å². The molecule has 0 aromatic heterocycles. The molecule has 0 aliphatic heterocycles. The van der Waals surface area contributed by atoms with Crippen LogP contribution in [0.2, 0.25) is 5.02 Å². The molecule has 1 aliphatic rings. The van der Waals surface area contributed by atoms with Gasteiger partial charge in [0.25, 0.3) is 0 Å². The van der Waals surface area contributed by atoms with E-state index in [-0.39, 0.29) is 11.5 Å². The first-order chi connectivity index (χ1) is 9.21. The molecule has 19 heavy (non-hydrogen) atoms. The van der Waals surface area contributed by atoms with Gasteiger partial charge in [-0.3, -0.25) is 0 Å². The van der Waals surface area contributed by atoms with Crippen molar-refractivity contribution >= 4 is 11.6 Å². The van der Waals surface area contributed by atoms with E-state index in [1.54, 1.807) is 0 Å². The summed E-state index contributed by atoms with van der Waals surface area (Å²) in [5.41, 5.74) is 8.95. The van der Waals surface area contributed by atoms with Crippen LogP contribution in [0.1, 0.15) is 30.4 Å². The van der Waals surface area contributed by atoms with E-state index in [1.807, 2.05) is 12.1 Å². The second-order valence-corrected chi connectivity index (χ2v) is 5.89. The second-order valence-electron chi connectivity index (χ2n) is 5.46. The largest absolute Gasteiger partial charge is 0.328 e. The van der Waals surface area contributed by atoms with Crippen LogP contribution in [0.5, 0.6) is 0 Å². The molecule has 1 fully saturated rings. The van der Waals surface area contributed by atoms with Gasteiger partial charge in [0.15, 0.2) is 0 Å². The fourth-order valence-electron chi connectivity index (χ4n) is 3.30. The van der Waals surface area contributed by atoms with E-state index >= 15 is 0 Å². The molecule has 0 unspecified atom stereocenters. The first-order valence-corrected chi connectivity index (χ1v) is 7.16. The molecule has 1 saturated carbocycles. The number of hydrogen-bond donors (Lipinski definition) is 1. The maximum absolute atomic E-state index is 6.19. The predicted octanol–water partition coefficient (Wildman–Crippen LogP) is 4.14. The summed E-state index contributed by atoms with van der Waals surface area (Å²) in [6.45, 7) is 0. The highest BCUT2D eigenvalue weighted by molar-refractivity contribution is 6.30. The smallest absolute Gasteiger partial charge is 0.0406 e. The van der Waals surface area contributed by atoms with Crippen LogP contribution in [0.3, 0.4) is 0 Å². The molecule has 0 amide bonds. The van der Waals surface area contributed by atoms with Gasteiger partial charge in [-0.15, -0.1) is 0 Å². The molecule has 98 valence electrons. The molecule has 0 spiro atoms. The Morgan fingerprint density at radius 1 is 0.947 bits per heavy atom. The second kappa shape index (κ2) is 4.99. The minimum atomic E-state index is 0.0608. The summed E-state index contributed by atoms with van der Waals surface area (Å²) in [5, 5.41) is 0.786. The SMILES string of the molecule is N[C@@H]1CC[C@@](c2ccccc2)(c2ccc(Cl)cc2)C1. The van der Waals surface area contributed by atoms with Crippen LogP contribution < -0.4 is 5.73 Å². The summed E-state index contributed by atoms with van der Waals surface area (Å²) >= 11 is 6.01. The van der Waals surface area contributed by atoms with Crippen molar-refractivity contribution < 1.29 is 0 Å². The summed E-state index contributed by atoms with van der Waals surface area (Å²) in [4.78, 5) is 0. The third-order valence-electron chi connectivity index (χ3n) is 4.28. The van der Waals surface area contributed by atoms with Crippen molar-refractivity contribution in [1.82, 2.24) is 0 Å². The molecule has 0 radical (unpaired) electrons. The van der Waals surface area contributed by atoms with Gasteiger partial charge in [-0.2, -0.15) is 0 Å². The minimum Gasteiger partial charge on any atom is -0.328 e. The number of benzene rings is 2. The monoisotopic (exact) mass is 271 g/mol. The van der Waals surface area contributed by atoms with Crippen molar-refractivity contribution in [3.8, 4) is 0 Å². The van der Waals surface area contributed by atoms with Gasteiger partial charge >= 0.3 is 0 Å². The lowest BCUT2D eigenvalue weighted by molar-refractivity contribution is 0.524. The fraction of sp³-hybridized carbons (Fsp3) is 0.294. The Morgan fingerprint density at radius 3 is 2.16 bits per heavy atom. The zero-order chi connectivity index (χ0) is 13.3. The van der Waals surface area contributed by atoms with Gasteiger partial charge in [-0.1, -0.05) is 54.1 Å². The molecule has 2 N–H and O–H groups in total. The lowest BCUT2D eigenvalue weighted by Crippen LogP contribution is -2.27. The average molecular weight is 272 g/mol. The van der Waals surface area contributed by atoms with Crippen LogP contribution in [0, 0.1) is 0 Å². The van der Waals surface area contributed by atoms with Gasteiger partial charge in [0.05, 0.1) is 0 Å². The summed E-state index contributed by atoms with van der Waals surface area (Å²) in [5.74, 6) is 0. The zero-order valence-electron chi connectivity index (χ0n) is 10.9. The van der Waals surface area contributed by atoms with Crippen LogP contribution in [0.15, 0.2) is 54.6 Å². The maximum Gasteiger partial charge on any atom is 0.0406 e. The molecular formula is C17H18ClN. The predicted molar refractivity (Wildman–Crippen MR) is 80.5 cm³/mol. The third kappa shape index (κ3) is 2.29. The zero-order valence-corrected chi connectivity index (χ0v) is 11.6. The molecule has 3 rings (SSSR count). The lowest BCUT2D eigenvalue weighted by Gasteiger charge is -2.31. The van der Waals surface area contributed by atoms with Crippen molar-refractivity contribution in [2.45, 2.75) is 30.7 Å². The van der Waals surface area contributed by atoms with Gasteiger partial charge in [0.1, 0.15) is 0 Å². The van der Waals surface area contributed by atoms with E-state index in [1.165, 1.54) is 11.1 Å². The summed E-state index contributed by atoms with van der Waals surface area (Å²) in [6.07, 6.45) is 3.20. The Morgan fingerprint density at radius 2 is 1.58 bits per heavy atom. The van der Waals surface area contributed by atoms with Gasteiger partial charge in [-0.25, -0.2) is 0 Å².